The van der Waals surface area contributed by atoms with Crippen LogP contribution in [0.4, 0.5) is 8.78 Å². The van der Waals surface area contributed by atoms with Gasteiger partial charge < -0.3 is 9.80 Å². The monoisotopic (exact) mass is 300 g/mol. The average molecular weight is 300 g/mol. The summed E-state index contributed by atoms with van der Waals surface area (Å²) in [5.74, 6) is -3.06. The van der Waals surface area contributed by atoms with E-state index in [2.05, 4.69) is 18.7 Å². The summed E-state index contributed by atoms with van der Waals surface area (Å²) in [6.45, 7) is 8.18. The molecule has 2 heterocycles. The van der Waals surface area contributed by atoms with Gasteiger partial charge in [0.05, 0.1) is 0 Å². The molecule has 1 saturated carbocycles. The topological polar surface area (TPSA) is 23.6 Å². The van der Waals surface area contributed by atoms with E-state index in [0.29, 0.717) is 6.04 Å². The molecule has 1 aliphatic carbocycles. The zero-order valence-corrected chi connectivity index (χ0v) is 13.1. The second-order valence-electron chi connectivity index (χ2n) is 7.68. The highest BCUT2D eigenvalue weighted by atomic mass is 19.3. The molecular formula is C16H26F2N2O. The minimum Gasteiger partial charge on any atom is -0.341 e. The van der Waals surface area contributed by atoms with Crippen molar-refractivity contribution in [2.75, 3.05) is 26.2 Å². The molecule has 1 spiro atoms. The van der Waals surface area contributed by atoms with E-state index in [-0.39, 0.29) is 24.2 Å². The highest BCUT2D eigenvalue weighted by Gasteiger charge is 2.54. The van der Waals surface area contributed by atoms with Gasteiger partial charge in [0.25, 0.3) is 0 Å². The lowest BCUT2D eigenvalue weighted by Crippen LogP contribution is -2.64. The fourth-order valence-corrected chi connectivity index (χ4v) is 4.12. The van der Waals surface area contributed by atoms with Crippen molar-refractivity contribution in [3.05, 3.63) is 0 Å². The molecule has 0 atom stereocenters. The highest BCUT2D eigenvalue weighted by Crippen LogP contribution is 2.46. The predicted molar refractivity (Wildman–Crippen MR) is 77.2 cm³/mol. The molecule has 0 aromatic rings. The van der Waals surface area contributed by atoms with E-state index < -0.39 is 11.8 Å². The van der Waals surface area contributed by atoms with Gasteiger partial charge in [0.15, 0.2) is 0 Å². The molecule has 2 aliphatic heterocycles. The summed E-state index contributed by atoms with van der Waals surface area (Å²) in [5, 5.41) is 0. The third-order valence-corrected chi connectivity index (χ3v) is 5.47. The fourth-order valence-electron chi connectivity index (χ4n) is 4.12. The first kappa shape index (κ1) is 15.2. The molecule has 2 saturated heterocycles. The van der Waals surface area contributed by atoms with Crippen LogP contribution < -0.4 is 0 Å². The average Bonchev–Trinajstić information content (AvgIpc) is 2.55. The molecule has 3 aliphatic rings. The summed E-state index contributed by atoms with van der Waals surface area (Å²) in [6, 6.07) is 0.537. The van der Waals surface area contributed by atoms with Crippen LogP contribution in [0.25, 0.3) is 0 Å². The van der Waals surface area contributed by atoms with Crippen molar-refractivity contribution in [1.82, 2.24) is 9.80 Å². The van der Waals surface area contributed by atoms with Gasteiger partial charge in [-0.3, -0.25) is 4.79 Å². The molecule has 21 heavy (non-hydrogen) atoms. The van der Waals surface area contributed by atoms with Crippen LogP contribution in [0.2, 0.25) is 0 Å². The Labute approximate surface area is 125 Å². The van der Waals surface area contributed by atoms with E-state index in [0.717, 1.165) is 26.2 Å². The fraction of sp³-hybridized carbons (Fsp3) is 0.938. The van der Waals surface area contributed by atoms with Crippen molar-refractivity contribution in [2.24, 2.45) is 11.3 Å². The molecule has 0 radical (unpaired) electrons. The standard InChI is InChI=1S/C16H26F2N2O/c1-12(2)19-6-4-3-5-15(9-19)10-20(11-15)14(21)13-7-16(17,18)8-13/h12-13H,3-11H2,1-2H3. The first-order valence-corrected chi connectivity index (χ1v) is 8.21. The van der Waals surface area contributed by atoms with E-state index in [9.17, 15) is 13.6 Å². The Hall–Kier alpha value is -0.710. The zero-order chi connectivity index (χ0) is 15.3. The molecule has 0 N–H and O–H groups in total. The second-order valence-corrected chi connectivity index (χ2v) is 7.68. The molecule has 1 amide bonds. The molecule has 0 aromatic carbocycles. The van der Waals surface area contributed by atoms with Crippen LogP contribution in [0, 0.1) is 11.3 Å². The zero-order valence-electron chi connectivity index (χ0n) is 13.1. The van der Waals surface area contributed by atoms with Crippen LogP contribution >= 0.6 is 0 Å². The summed E-state index contributed by atoms with van der Waals surface area (Å²) in [5.41, 5.74) is 0.225. The van der Waals surface area contributed by atoms with Crippen molar-refractivity contribution >= 4 is 5.91 Å². The third kappa shape index (κ3) is 2.94. The van der Waals surface area contributed by atoms with Crippen LogP contribution in [-0.4, -0.2) is 53.9 Å². The van der Waals surface area contributed by atoms with Gasteiger partial charge in [-0.1, -0.05) is 6.42 Å². The van der Waals surface area contributed by atoms with Crippen LogP contribution in [0.5, 0.6) is 0 Å². The van der Waals surface area contributed by atoms with E-state index >= 15 is 0 Å². The first-order chi connectivity index (χ1) is 9.80. The summed E-state index contributed by atoms with van der Waals surface area (Å²) >= 11 is 0. The van der Waals surface area contributed by atoms with E-state index in [1.54, 1.807) is 0 Å². The number of carbonyl (C=O) groups is 1. The number of amides is 1. The molecule has 5 heteroatoms. The van der Waals surface area contributed by atoms with Gasteiger partial charge in [0, 0.05) is 49.9 Å². The SMILES string of the molecule is CC(C)N1CCCCC2(CN(C(=O)C3CC(F)(F)C3)C2)C1. The Morgan fingerprint density at radius 1 is 1.14 bits per heavy atom. The van der Waals surface area contributed by atoms with E-state index in [4.69, 9.17) is 0 Å². The molecule has 0 aromatic heterocycles. The van der Waals surface area contributed by atoms with Crippen molar-refractivity contribution in [3.8, 4) is 0 Å². The summed E-state index contributed by atoms with van der Waals surface area (Å²) in [4.78, 5) is 16.5. The predicted octanol–water partition coefficient (Wildman–Crippen LogP) is 2.75. The normalized spacial score (nSPS) is 29.1. The van der Waals surface area contributed by atoms with Gasteiger partial charge in [0.1, 0.15) is 0 Å². The number of hydrogen-bond acceptors (Lipinski definition) is 2. The molecule has 120 valence electrons. The quantitative estimate of drug-likeness (QED) is 0.783. The van der Waals surface area contributed by atoms with Gasteiger partial charge in [-0.15, -0.1) is 0 Å². The molecule has 3 fully saturated rings. The Morgan fingerprint density at radius 3 is 2.38 bits per heavy atom. The minimum absolute atomic E-state index is 0.0353. The van der Waals surface area contributed by atoms with Gasteiger partial charge in [-0.05, 0) is 33.2 Å². The van der Waals surface area contributed by atoms with Crippen LogP contribution in [0.3, 0.4) is 0 Å². The number of carbonyl (C=O) groups excluding carboxylic acids is 1. The number of hydrogen-bond donors (Lipinski definition) is 0. The second kappa shape index (κ2) is 5.18. The maximum Gasteiger partial charge on any atom is 0.249 e. The van der Waals surface area contributed by atoms with E-state index in [1.807, 2.05) is 4.90 Å². The molecular weight excluding hydrogens is 274 g/mol. The maximum absolute atomic E-state index is 12.9. The van der Waals surface area contributed by atoms with Crippen molar-refractivity contribution in [1.29, 1.82) is 0 Å². The van der Waals surface area contributed by atoms with Crippen LogP contribution in [0.15, 0.2) is 0 Å². The largest absolute Gasteiger partial charge is 0.341 e. The molecule has 0 bridgehead atoms. The third-order valence-electron chi connectivity index (χ3n) is 5.47. The summed E-state index contributed by atoms with van der Waals surface area (Å²) in [6.07, 6.45) is 3.12. The Morgan fingerprint density at radius 2 is 1.81 bits per heavy atom. The number of nitrogens with zero attached hydrogens (tertiary/aromatic N) is 2. The smallest absolute Gasteiger partial charge is 0.249 e. The molecule has 0 unspecified atom stereocenters. The van der Waals surface area contributed by atoms with Crippen LogP contribution in [-0.2, 0) is 4.79 Å². The van der Waals surface area contributed by atoms with Crippen molar-refractivity contribution in [3.63, 3.8) is 0 Å². The number of halogens is 2. The molecule has 3 rings (SSSR count). The lowest BCUT2D eigenvalue weighted by atomic mass is 9.73. The molecule has 3 nitrogen and oxygen atoms in total. The van der Waals surface area contributed by atoms with Crippen molar-refractivity contribution < 1.29 is 13.6 Å². The number of rotatable bonds is 2. The summed E-state index contributed by atoms with van der Waals surface area (Å²) < 4.78 is 25.8. The number of likely N-dealkylation sites (tertiary alicyclic amines) is 2. The van der Waals surface area contributed by atoms with Gasteiger partial charge in [0.2, 0.25) is 11.8 Å². The van der Waals surface area contributed by atoms with Gasteiger partial charge >= 0.3 is 0 Å². The first-order valence-electron chi connectivity index (χ1n) is 8.21. The maximum atomic E-state index is 12.9. The van der Waals surface area contributed by atoms with Crippen LogP contribution in [0.1, 0.15) is 46.0 Å². The Kier molecular flexibility index (Phi) is 3.75. The lowest BCUT2D eigenvalue weighted by molar-refractivity contribution is -0.171. The highest BCUT2D eigenvalue weighted by molar-refractivity contribution is 5.81. The summed E-state index contributed by atoms with van der Waals surface area (Å²) in [7, 11) is 0. The van der Waals surface area contributed by atoms with Gasteiger partial charge in [-0.25, -0.2) is 8.78 Å². The van der Waals surface area contributed by atoms with E-state index in [1.165, 1.54) is 19.3 Å². The Bertz CT molecular complexity index is 411. The minimum atomic E-state index is -2.60. The number of alkyl halides is 2. The van der Waals surface area contributed by atoms with Gasteiger partial charge in [-0.2, -0.15) is 0 Å². The van der Waals surface area contributed by atoms with Crippen molar-refractivity contribution in [2.45, 2.75) is 57.9 Å². The Balaban J connectivity index is 1.55. The lowest BCUT2D eigenvalue weighted by Gasteiger charge is -2.53.